The van der Waals surface area contributed by atoms with E-state index in [1.807, 2.05) is 0 Å². The van der Waals surface area contributed by atoms with E-state index < -0.39 is 5.82 Å². The summed E-state index contributed by atoms with van der Waals surface area (Å²) >= 11 is 0. The molecule has 1 aromatic carbocycles. The summed E-state index contributed by atoms with van der Waals surface area (Å²) in [6, 6.07) is 5.76. The van der Waals surface area contributed by atoms with Gasteiger partial charge in [-0.25, -0.2) is 4.39 Å². The molecule has 1 N–H and O–H groups in total. The Morgan fingerprint density at radius 3 is 2.81 bits per heavy atom. The van der Waals surface area contributed by atoms with Gasteiger partial charge < -0.3 is 10.2 Å². The summed E-state index contributed by atoms with van der Waals surface area (Å²) in [4.78, 5) is 25.8. The van der Waals surface area contributed by atoms with Crippen LogP contribution in [0.3, 0.4) is 0 Å². The Bertz CT molecular complexity index is 533. The third-order valence-electron chi connectivity index (χ3n) is 3.76. The zero-order chi connectivity index (χ0) is 15.4. The van der Waals surface area contributed by atoms with Crippen molar-refractivity contribution < 1.29 is 14.0 Å². The Kier molecular flexibility index (Phi) is 4.94. The Hall–Kier alpha value is -1.91. The normalized spacial score (nSPS) is 20.0. The highest BCUT2D eigenvalue weighted by Gasteiger charge is 2.48. The minimum absolute atomic E-state index is 0.0304. The van der Waals surface area contributed by atoms with Crippen LogP contribution in [0, 0.1) is 17.7 Å². The van der Waals surface area contributed by atoms with Gasteiger partial charge in [0, 0.05) is 19.3 Å². The van der Waals surface area contributed by atoms with Gasteiger partial charge in [0.2, 0.25) is 11.8 Å². The molecule has 1 fully saturated rings. The zero-order valence-corrected chi connectivity index (χ0v) is 12.4. The number of benzene rings is 1. The standard InChI is InChI=1S/C16H21FN2O2/c1-3-4-8-19(2)16(21)14-10-13(14)15(20)18-12-7-5-6-11(17)9-12/h5-7,9,13-14H,3-4,8,10H2,1-2H3,(H,18,20). The lowest BCUT2D eigenvalue weighted by Crippen LogP contribution is -2.30. The largest absolute Gasteiger partial charge is 0.346 e. The zero-order valence-electron chi connectivity index (χ0n) is 12.4. The molecule has 0 aliphatic heterocycles. The molecule has 4 nitrogen and oxygen atoms in total. The average Bonchev–Trinajstić information content (AvgIpc) is 3.24. The second-order valence-electron chi connectivity index (χ2n) is 5.56. The topological polar surface area (TPSA) is 49.4 Å². The maximum absolute atomic E-state index is 13.1. The van der Waals surface area contributed by atoms with Gasteiger partial charge in [0.15, 0.2) is 0 Å². The molecular weight excluding hydrogens is 271 g/mol. The molecule has 1 saturated carbocycles. The first-order valence-electron chi connectivity index (χ1n) is 7.34. The van der Waals surface area contributed by atoms with Crippen molar-refractivity contribution in [2.75, 3.05) is 18.9 Å². The van der Waals surface area contributed by atoms with E-state index >= 15 is 0 Å². The molecule has 0 spiro atoms. The van der Waals surface area contributed by atoms with Gasteiger partial charge in [0.25, 0.3) is 0 Å². The monoisotopic (exact) mass is 292 g/mol. The number of carbonyl (C=O) groups excluding carboxylic acids is 2. The van der Waals surface area contributed by atoms with Gasteiger partial charge in [-0.3, -0.25) is 9.59 Å². The fourth-order valence-corrected chi connectivity index (χ4v) is 2.35. The number of rotatable bonds is 6. The second-order valence-corrected chi connectivity index (χ2v) is 5.56. The number of amides is 2. The maximum atomic E-state index is 13.1. The lowest BCUT2D eigenvalue weighted by Gasteiger charge is -2.16. The van der Waals surface area contributed by atoms with Crippen LogP contribution in [0.2, 0.25) is 0 Å². The fraction of sp³-hybridized carbons (Fsp3) is 0.500. The highest BCUT2D eigenvalue weighted by Crippen LogP contribution is 2.40. The van der Waals surface area contributed by atoms with Gasteiger partial charge >= 0.3 is 0 Å². The number of unbranched alkanes of at least 4 members (excludes halogenated alkanes) is 1. The molecule has 114 valence electrons. The van der Waals surface area contributed by atoms with E-state index in [0.29, 0.717) is 12.1 Å². The molecule has 2 atom stereocenters. The van der Waals surface area contributed by atoms with E-state index in [-0.39, 0.29) is 23.7 Å². The third-order valence-corrected chi connectivity index (χ3v) is 3.76. The minimum Gasteiger partial charge on any atom is -0.346 e. The van der Waals surface area contributed by atoms with Crippen molar-refractivity contribution in [3.05, 3.63) is 30.1 Å². The van der Waals surface area contributed by atoms with Gasteiger partial charge in [-0.2, -0.15) is 0 Å². The third kappa shape index (κ3) is 4.03. The quantitative estimate of drug-likeness (QED) is 0.876. The molecule has 0 aromatic heterocycles. The molecule has 0 radical (unpaired) electrons. The van der Waals surface area contributed by atoms with Crippen molar-refractivity contribution in [1.82, 2.24) is 4.90 Å². The molecule has 0 heterocycles. The highest BCUT2D eigenvalue weighted by atomic mass is 19.1. The number of nitrogens with zero attached hydrogens (tertiary/aromatic N) is 1. The summed E-state index contributed by atoms with van der Waals surface area (Å²) in [7, 11) is 1.78. The van der Waals surface area contributed by atoms with Crippen LogP contribution in [0.4, 0.5) is 10.1 Å². The molecule has 2 rings (SSSR count). The minimum atomic E-state index is -0.393. The summed E-state index contributed by atoms with van der Waals surface area (Å²) in [5, 5.41) is 2.66. The van der Waals surface area contributed by atoms with E-state index in [9.17, 15) is 14.0 Å². The molecule has 2 unspecified atom stereocenters. The van der Waals surface area contributed by atoms with Crippen LogP contribution in [0.5, 0.6) is 0 Å². The Morgan fingerprint density at radius 2 is 2.14 bits per heavy atom. The highest BCUT2D eigenvalue weighted by molar-refractivity contribution is 5.99. The number of anilines is 1. The summed E-state index contributed by atoms with van der Waals surface area (Å²) in [5.41, 5.74) is 0.428. The second kappa shape index (κ2) is 6.70. The van der Waals surface area contributed by atoms with E-state index in [1.165, 1.54) is 12.1 Å². The summed E-state index contributed by atoms with van der Waals surface area (Å²) < 4.78 is 13.1. The Balaban J connectivity index is 1.85. The Morgan fingerprint density at radius 1 is 1.38 bits per heavy atom. The van der Waals surface area contributed by atoms with Crippen molar-refractivity contribution in [1.29, 1.82) is 0 Å². The lowest BCUT2D eigenvalue weighted by molar-refractivity contribution is -0.132. The van der Waals surface area contributed by atoms with Crippen LogP contribution in [0.25, 0.3) is 0 Å². The van der Waals surface area contributed by atoms with Crippen LogP contribution < -0.4 is 5.32 Å². The lowest BCUT2D eigenvalue weighted by atomic mass is 10.2. The summed E-state index contributed by atoms with van der Waals surface area (Å²) in [5.74, 6) is -1.08. The summed E-state index contributed by atoms with van der Waals surface area (Å²) in [6.07, 6.45) is 2.58. The van der Waals surface area contributed by atoms with Gasteiger partial charge in [0.05, 0.1) is 11.8 Å². The van der Waals surface area contributed by atoms with Crippen LogP contribution >= 0.6 is 0 Å². The number of hydrogen-bond donors (Lipinski definition) is 1. The fourth-order valence-electron chi connectivity index (χ4n) is 2.35. The van der Waals surface area contributed by atoms with Crippen LogP contribution in [-0.4, -0.2) is 30.3 Å². The van der Waals surface area contributed by atoms with Crippen molar-refractivity contribution in [3.63, 3.8) is 0 Å². The molecule has 0 saturated heterocycles. The molecule has 21 heavy (non-hydrogen) atoms. The first kappa shape index (κ1) is 15.5. The number of hydrogen-bond acceptors (Lipinski definition) is 2. The summed E-state index contributed by atoms with van der Waals surface area (Å²) in [6.45, 7) is 2.80. The van der Waals surface area contributed by atoms with Crippen LogP contribution in [-0.2, 0) is 9.59 Å². The SMILES string of the molecule is CCCCN(C)C(=O)C1CC1C(=O)Nc1cccc(F)c1. The first-order chi connectivity index (χ1) is 10.0. The van der Waals surface area contributed by atoms with Crippen molar-refractivity contribution >= 4 is 17.5 Å². The number of carbonyl (C=O) groups is 2. The molecule has 0 bridgehead atoms. The molecule has 1 aromatic rings. The van der Waals surface area contributed by atoms with Crippen molar-refractivity contribution in [2.24, 2.45) is 11.8 Å². The van der Waals surface area contributed by atoms with Gasteiger partial charge in [-0.15, -0.1) is 0 Å². The van der Waals surface area contributed by atoms with Crippen LogP contribution in [0.15, 0.2) is 24.3 Å². The Labute approximate surface area is 124 Å². The van der Waals surface area contributed by atoms with Gasteiger partial charge in [-0.1, -0.05) is 19.4 Å². The smallest absolute Gasteiger partial charge is 0.228 e. The predicted molar refractivity (Wildman–Crippen MR) is 79.2 cm³/mol. The van der Waals surface area contributed by atoms with Crippen LogP contribution in [0.1, 0.15) is 26.2 Å². The van der Waals surface area contributed by atoms with Gasteiger partial charge in [-0.05, 0) is 31.0 Å². The van der Waals surface area contributed by atoms with Crippen molar-refractivity contribution in [2.45, 2.75) is 26.2 Å². The number of halogens is 1. The predicted octanol–water partition coefficient (Wildman–Crippen LogP) is 2.66. The van der Waals surface area contributed by atoms with Gasteiger partial charge in [0.1, 0.15) is 5.82 Å². The van der Waals surface area contributed by atoms with E-state index in [0.717, 1.165) is 19.4 Å². The molecular formula is C16H21FN2O2. The molecule has 2 amide bonds. The van der Waals surface area contributed by atoms with Crippen molar-refractivity contribution in [3.8, 4) is 0 Å². The first-order valence-corrected chi connectivity index (χ1v) is 7.34. The van der Waals surface area contributed by atoms with E-state index in [2.05, 4.69) is 12.2 Å². The molecule has 1 aliphatic rings. The molecule has 1 aliphatic carbocycles. The molecule has 5 heteroatoms. The average molecular weight is 292 g/mol. The van der Waals surface area contributed by atoms with E-state index in [1.54, 1.807) is 24.1 Å². The number of nitrogens with one attached hydrogen (secondary N) is 1. The van der Waals surface area contributed by atoms with E-state index in [4.69, 9.17) is 0 Å². The maximum Gasteiger partial charge on any atom is 0.228 e.